The molecule has 0 aliphatic carbocycles. The largest absolute Gasteiger partial charge is 0.336 e. The van der Waals surface area contributed by atoms with E-state index >= 15 is 0 Å². The maximum Gasteiger partial charge on any atom is 0.0716 e. The zero-order valence-corrected chi connectivity index (χ0v) is 31.3. The Morgan fingerprint density at radius 2 is 0.860 bits per heavy atom. The SMILES string of the molecule is c1ccc(-c2ccc(-c3cc(-c4cccc(N5Cc6ccccc6-c6ccccc65)c4)nc(-c4cccc(-n5c6ccccc6c6ccccc65)c4)c3)cc2)cc1. The minimum atomic E-state index is 0.804. The van der Waals surface area contributed by atoms with Gasteiger partial charge in [0.15, 0.2) is 0 Å². The van der Waals surface area contributed by atoms with Crippen LogP contribution in [0.1, 0.15) is 5.56 Å². The summed E-state index contributed by atoms with van der Waals surface area (Å²) in [5, 5.41) is 2.50. The molecule has 0 saturated carbocycles. The van der Waals surface area contributed by atoms with Gasteiger partial charge in [-0.15, -0.1) is 0 Å². The van der Waals surface area contributed by atoms with Gasteiger partial charge in [0.05, 0.1) is 22.4 Å². The molecule has 268 valence electrons. The van der Waals surface area contributed by atoms with Gasteiger partial charge < -0.3 is 9.47 Å². The Kier molecular flexibility index (Phi) is 7.89. The third-order valence-corrected chi connectivity index (χ3v) is 11.4. The van der Waals surface area contributed by atoms with Gasteiger partial charge in [-0.05, 0) is 88.0 Å². The maximum absolute atomic E-state index is 5.45. The number of pyridine rings is 1. The van der Waals surface area contributed by atoms with E-state index in [1.807, 2.05) is 0 Å². The summed E-state index contributed by atoms with van der Waals surface area (Å²) in [5.41, 5.74) is 18.4. The van der Waals surface area contributed by atoms with Crippen molar-refractivity contribution in [2.75, 3.05) is 4.90 Å². The van der Waals surface area contributed by atoms with Crippen LogP contribution in [0.4, 0.5) is 11.4 Å². The lowest BCUT2D eigenvalue weighted by molar-refractivity contribution is 0.961. The van der Waals surface area contributed by atoms with Gasteiger partial charge in [-0.25, -0.2) is 4.98 Å². The van der Waals surface area contributed by atoms with Crippen molar-refractivity contribution < 1.29 is 0 Å². The lowest BCUT2D eigenvalue weighted by Crippen LogP contribution is -2.21. The van der Waals surface area contributed by atoms with Crippen molar-refractivity contribution in [1.82, 2.24) is 9.55 Å². The third-order valence-electron chi connectivity index (χ3n) is 11.4. The highest BCUT2D eigenvalue weighted by atomic mass is 15.1. The minimum absolute atomic E-state index is 0.804. The zero-order valence-electron chi connectivity index (χ0n) is 31.3. The van der Waals surface area contributed by atoms with Crippen LogP contribution in [0.15, 0.2) is 212 Å². The van der Waals surface area contributed by atoms with Gasteiger partial charge in [-0.2, -0.15) is 0 Å². The molecule has 1 aliphatic rings. The quantitative estimate of drug-likeness (QED) is 0.170. The Hall–Kier alpha value is -7.49. The summed E-state index contributed by atoms with van der Waals surface area (Å²) in [7, 11) is 0. The number of hydrogen-bond acceptors (Lipinski definition) is 2. The predicted molar refractivity (Wildman–Crippen MR) is 238 cm³/mol. The van der Waals surface area contributed by atoms with Gasteiger partial charge in [0, 0.05) is 51.1 Å². The fourth-order valence-corrected chi connectivity index (χ4v) is 8.66. The monoisotopic (exact) mass is 727 g/mol. The number of para-hydroxylation sites is 3. The third kappa shape index (κ3) is 5.80. The van der Waals surface area contributed by atoms with Crippen LogP contribution in [-0.4, -0.2) is 9.55 Å². The lowest BCUT2D eigenvalue weighted by Gasteiger charge is -2.33. The maximum atomic E-state index is 5.45. The lowest BCUT2D eigenvalue weighted by atomic mass is 9.93. The second kappa shape index (κ2) is 13.7. The van der Waals surface area contributed by atoms with Gasteiger partial charge in [0.2, 0.25) is 0 Å². The molecule has 8 aromatic carbocycles. The molecule has 0 unspecified atom stereocenters. The highest BCUT2D eigenvalue weighted by molar-refractivity contribution is 6.09. The van der Waals surface area contributed by atoms with E-state index in [1.165, 1.54) is 55.3 Å². The van der Waals surface area contributed by atoms with E-state index < -0.39 is 0 Å². The highest BCUT2D eigenvalue weighted by Crippen LogP contribution is 2.43. The zero-order chi connectivity index (χ0) is 37.7. The van der Waals surface area contributed by atoms with E-state index in [-0.39, 0.29) is 0 Å². The summed E-state index contributed by atoms with van der Waals surface area (Å²) in [4.78, 5) is 7.88. The first-order chi connectivity index (χ1) is 28.2. The van der Waals surface area contributed by atoms with Gasteiger partial charge in [0.25, 0.3) is 0 Å². The van der Waals surface area contributed by atoms with E-state index in [2.05, 4.69) is 222 Å². The number of anilines is 2. The van der Waals surface area contributed by atoms with Crippen LogP contribution in [0.3, 0.4) is 0 Å². The molecule has 0 spiro atoms. The molecule has 0 amide bonds. The summed E-state index contributed by atoms with van der Waals surface area (Å²) >= 11 is 0. The molecule has 57 heavy (non-hydrogen) atoms. The predicted octanol–water partition coefficient (Wildman–Crippen LogP) is 14.2. The Labute approximate surface area is 332 Å². The average molecular weight is 728 g/mol. The van der Waals surface area contributed by atoms with Crippen molar-refractivity contribution in [3.8, 4) is 61.6 Å². The first-order valence-electron chi connectivity index (χ1n) is 19.6. The first-order valence-corrected chi connectivity index (χ1v) is 19.6. The molecule has 3 nitrogen and oxygen atoms in total. The molecule has 10 aromatic rings. The highest BCUT2D eigenvalue weighted by Gasteiger charge is 2.23. The molecule has 0 bridgehead atoms. The fraction of sp³-hybridized carbons (Fsp3) is 0.0185. The number of rotatable bonds is 6. The van der Waals surface area contributed by atoms with Gasteiger partial charge in [-0.3, -0.25) is 0 Å². The van der Waals surface area contributed by atoms with E-state index in [4.69, 9.17) is 4.98 Å². The summed E-state index contributed by atoms with van der Waals surface area (Å²) in [6.07, 6.45) is 0. The molecule has 11 rings (SSSR count). The van der Waals surface area contributed by atoms with Crippen LogP contribution in [0, 0.1) is 0 Å². The topological polar surface area (TPSA) is 21.1 Å². The molecule has 3 heterocycles. The van der Waals surface area contributed by atoms with Crippen LogP contribution >= 0.6 is 0 Å². The van der Waals surface area contributed by atoms with E-state index in [1.54, 1.807) is 0 Å². The van der Waals surface area contributed by atoms with Gasteiger partial charge in [-0.1, -0.05) is 158 Å². The summed E-state index contributed by atoms with van der Waals surface area (Å²) < 4.78 is 2.37. The van der Waals surface area contributed by atoms with Gasteiger partial charge >= 0.3 is 0 Å². The number of nitrogens with zero attached hydrogens (tertiary/aromatic N) is 3. The van der Waals surface area contributed by atoms with Gasteiger partial charge in [0.1, 0.15) is 0 Å². The van der Waals surface area contributed by atoms with Crippen molar-refractivity contribution in [3.63, 3.8) is 0 Å². The second-order valence-electron chi connectivity index (χ2n) is 14.8. The number of aromatic nitrogens is 2. The molecular weight excluding hydrogens is 691 g/mol. The first kappa shape index (κ1) is 32.9. The van der Waals surface area contributed by atoms with Crippen LogP contribution < -0.4 is 4.90 Å². The van der Waals surface area contributed by atoms with E-state index in [9.17, 15) is 0 Å². The Balaban J connectivity index is 1.05. The van der Waals surface area contributed by atoms with Crippen molar-refractivity contribution >= 4 is 33.2 Å². The Morgan fingerprint density at radius 3 is 1.56 bits per heavy atom. The summed E-state index contributed by atoms with van der Waals surface area (Å²) in [6.45, 7) is 0.804. The number of benzene rings is 8. The molecule has 1 aliphatic heterocycles. The van der Waals surface area contributed by atoms with E-state index in [0.29, 0.717) is 0 Å². The smallest absolute Gasteiger partial charge is 0.0716 e. The van der Waals surface area contributed by atoms with Crippen LogP contribution in [0.2, 0.25) is 0 Å². The second-order valence-corrected chi connectivity index (χ2v) is 14.8. The molecule has 0 N–H and O–H groups in total. The normalized spacial score (nSPS) is 12.1. The molecule has 0 radical (unpaired) electrons. The molecule has 0 fully saturated rings. The van der Waals surface area contributed by atoms with Crippen LogP contribution in [0.5, 0.6) is 0 Å². The van der Waals surface area contributed by atoms with Crippen molar-refractivity contribution in [3.05, 3.63) is 218 Å². The minimum Gasteiger partial charge on any atom is -0.336 e. The average Bonchev–Trinajstić information content (AvgIpc) is 3.63. The molecule has 0 saturated heterocycles. The molecule has 0 atom stereocenters. The van der Waals surface area contributed by atoms with Crippen molar-refractivity contribution in [2.24, 2.45) is 0 Å². The Morgan fingerprint density at radius 1 is 0.351 bits per heavy atom. The number of hydrogen-bond donors (Lipinski definition) is 0. The summed E-state index contributed by atoms with van der Waals surface area (Å²) in [6, 6.07) is 76.5. The summed E-state index contributed by atoms with van der Waals surface area (Å²) in [5.74, 6) is 0. The molecule has 2 aromatic heterocycles. The fourth-order valence-electron chi connectivity index (χ4n) is 8.66. The standard InChI is InChI=1S/C54H37N3/c1-2-14-37(15-3-1)38-28-30-39(31-29-38)43-34-50(40-17-12-19-44(32-40)56-36-42-16-4-5-21-46(42)47-22-6-9-25-52(47)56)55-51(35-43)41-18-13-20-45(33-41)57-53-26-10-7-23-48(53)49-24-8-11-27-54(49)57/h1-35H,36H2. The van der Waals surface area contributed by atoms with E-state index in [0.717, 1.165) is 51.6 Å². The number of fused-ring (bicyclic) bond motifs is 6. The van der Waals surface area contributed by atoms with Crippen LogP contribution in [0.25, 0.3) is 83.4 Å². The molecule has 3 heteroatoms. The van der Waals surface area contributed by atoms with Crippen molar-refractivity contribution in [1.29, 1.82) is 0 Å². The van der Waals surface area contributed by atoms with Crippen molar-refractivity contribution in [2.45, 2.75) is 6.54 Å². The Bertz CT molecular complexity index is 3050. The van der Waals surface area contributed by atoms with Crippen LogP contribution in [-0.2, 0) is 6.54 Å². The molecular formula is C54H37N3.